The van der Waals surface area contributed by atoms with E-state index in [9.17, 15) is 9.59 Å². The fourth-order valence-corrected chi connectivity index (χ4v) is 1.77. The SMILES string of the molecule is CCCCOC(=O)C[C@H](N)C(=O)NCCc1ccccc1. The third-order valence-corrected chi connectivity index (χ3v) is 3.04. The highest BCUT2D eigenvalue weighted by atomic mass is 16.5. The maximum absolute atomic E-state index is 11.8. The minimum absolute atomic E-state index is 0.0825. The maximum Gasteiger partial charge on any atom is 0.307 e. The minimum Gasteiger partial charge on any atom is -0.466 e. The van der Waals surface area contributed by atoms with Gasteiger partial charge < -0.3 is 15.8 Å². The van der Waals surface area contributed by atoms with E-state index in [0.717, 1.165) is 24.8 Å². The molecule has 0 saturated carbocycles. The van der Waals surface area contributed by atoms with Crippen molar-refractivity contribution in [3.8, 4) is 0 Å². The zero-order chi connectivity index (χ0) is 15.5. The highest BCUT2D eigenvalue weighted by Gasteiger charge is 2.17. The van der Waals surface area contributed by atoms with Gasteiger partial charge in [0.05, 0.1) is 19.1 Å². The van der Waals surface area contributed by atoms with Gasteiger partial charge in [-0.15, -0.1) is 0 Å². The fraction of sp³-hybridized carbons (Fsp3) is 0.500. The summed E-state index contributed by atoms with van der Waals surface area (Å²) in [4.78, 5) is 23.2. The number of hydrogen-bond acceptors (Lipinski definition) is 4. The second kappa shape index (κ2) is 9.94. The molecule has 0 unspecified atom stereocenters. The first-order valence-corrected chi connectivity index (χ1v) is 7.36. The molecule has 0 fully saturated rings. The van der Waals surface area contributed by atoms with Crippen molar-refractivity contribution < 1.29 is 14.3 Å². The average Bonchev–Trinajstić information content (AvgIpc) is 2.48. The van der Waals surface area contributed by atoms with Gasteiger partial charge in [-0.05, 0) is 18.4 Å². The van der Waals surface area contributed by atoms with E-state index < -0.39 is 12.0 Å². The van der Waals surface area contributed by atoms with E-state index in [1.54, 1.807) is 0 Å². The summed E-state index contributed by atoms with van der Waals surface area (Å²) in [6.45, 7) is 2.90. The zero-order valence-electron chi connectivity index (χ0n) is 12.5. The topological polar surface area (TPSA) is 81.4 Å². The van der Waals surface area contributed by atoms with Crippen molar-refractivity contribution in [1.82, 2.24) is 5.32 Å². The van der Waals surface area contributed by atoms with Gasteiger partial charge >= 0.3 is 5.97 Å². The molecule has 0 aliphatic carbocycles. The van der Waals surface area contributed by atoms with Crippen molar-refractivity contribution in [3.63, 3.8) is 0 Å². The van der Waals surface area contributed by atoms with Gasteiger partial charge in [0.25, 0.3) is 0 Å². The molecule has 0 heterocycles. The van der Waals surface area contributed by atoms with Crippen LogP contribution in [0.5, 0.6) is 0 Å². The van der Waals surface area contributed by atoms with E-state index in [2.05, 4.69) is 5.32 Å². The van der Waals surface area contributed by atoms with Crippen LogP contribution >= 0.6 is 0 Å². The molecule has 1 aromatic rings. The molecule has 0 radical (unpaired) electrons. The quantitative estimate of drug-likeness (QED) is 0.532. The first-order valence-electron chi connectivity index (χ1n) is 7.36. The fourth-order valence-electron chi connectivity index (χ4n) is 1.77. The van der Waals surface area contributed by atoms with Crippen molar-refractivity contribution in [1.29, 1.82) is 0 Å². The molecule has 3 N–H and O–H groups in total. The second-order valence-electron chi connectivity index (χ2n) is 4.91. The molecule has 1 atom stereocenters. The molecule has 116 valence electrons. The Hall–Kier alpha value is -1.88. The van der Waals surface area contributed by atoms with Crippen molar-refractivity contribution in [2.75, 3.05) is 13.2 Å². The third kappa shape index (κ3) is 7.46. The molecular formula is C16H24N2O3. The number of ether oxygens (including phenoxy) is 1. The molecule has 0 saturated heterocycles. The smallest absolute Gasteiger partial charge is 0.307 e. The van der Waals surface area contributed by atoms with Gasteiger partial charge in [-0.2, -0.15) is 0 Å². The maximum atomic E-state index is 11.8. The number of carbonyl (C=O) groups is 2. The predicted octanol–water partition coefficient (Wildman–Crippen LogP) is 1.41. The van der Waals surface area contributed by atoms with Crippen molar-refractivity contribution in [3.05, 3.63) is 35.9 Å². The lowest BCUT2D eigenvalue weighted by Crippen LogP contribution is -2.42. The van der Waals surface area contributed by atoms with Gasteiger partial charge in [0.15, 0.2) is 0 Å². The van der Waals surface area contributed by atoms with Crippen LogP contribution in [0.3, 0.4) is 0 Å². The summed E-state index contributed by atoms with van der Waals surface area (Å²) in [7, 11) is 0. The van der Waals surface area contributed by atoms with Gasteiger partial charge in [-0.25, -0.2) is 0 Å². The number of amides is 1. The van der Waals surface area contributed by atoms with Crippen molar-refractivity contribution in [2.45, 2.75) is 38.6 Å². The van der Waals surface area contributed by atoms with Crippen LogP contribution in [-0.2, 0) is 20.7 Å². The number of hydrogen-bond donors (Lipinski definition) is 2. The molecule has 1 rings (SSSR count). The van der Waals surface area contributed by atoms with E-state index in [4.69, 9.17) is 10.5 Å². The van der Waals surface area contributed by atoms with Crippen molar-refractivity contribution >= 4 is 11.9 Å². The highest BCUT2D eigenvalue weighted by molar-refractivity contribution is 5.86. The van der Waals surface area contributed by atoms with Crippen LogP contribution in [0.15, 0.2) is 30.3 Å². The van der Waals surface area contributed by atoms with Gasteiger partial charge in [0.1, 0.15) is 0 Å². The lowest BCUT2D eigenvalue weighted by molar-refractivity contribution is -0.145. The van der Waals surface area contributed by atoms with Crippen LogP contribution in [0.1, 0.15) is 31.7 Å². The molecule has 5 heteroatoms. The number of carbonyl (C=O) groups excluding carboxylic acids is 2. The molecule has 0 aliphatic rings. The van der Waals surface area contributed by atoms with Gasteiger partial charge in [0, 0.05) is 6.54 Å². The molecule has 21 heavy (non-hydrogen) atoms. The largest absolute Gasteiger partial charge is 0.466 e. The number of benzene rings is 1. The van der Waals surface area contributed by atoms with Crippen LogP contribution < -0.4 is 11.1 Å². The molecule has 0 aromatic heterocycles. The Kier molecular flexibility index (Phi) is 8.12. The standard InChI is InChI=1S/C16H24N2O3/c1-2-3-11-21-15(19)12-14(17)16(20)18-10-9-13-7-5-4-6-8-13/h4-8,14H,2-3,9-12,17H2,1H3,(H,18,20)/t14-/m0/s1. The van der Waals surface area contributed by atoms with Crippen LogP contribution in [0.25, 0.3) is 0 Å². The predicted molar refractivity (Wildman–Crippen MR) is 81.6 cm³/mol. The van der Waals surface area contributed by atoms with Gasteiger partial charge in [0.2, 0.25) is 5.91 Å². The van der Waals surface area contributed by atoms with E-state index >= 15 is 0 Å². The summed E-state index contributed by atoms with van der Waals surface area (Å²) in [5.41, 5.74) is 6.83. The van der Waals surface area contributed by atoms with E-state index in [1.165, 1.54) is 0 Å². The molecule has 1 amide bonds. The second-order valence-corrected chi connectivity index (χ2v) is 4.91. The van der Waals surface area contributed by atoms with Crippen LogP contribution in [0.4, 0.5) is 0 Å². The Balaban J connectivity index is 2.20. The molecule has 1 aromatic carbocycles. The van der Waals surface area contributed by atoms with Crippen molar-refractivity contribution in [2.24, 2.45) is 5.73 Å². The summed E-state index contributed by atoms with van der Waals surface area (Å²) in [6.07, 6.45) is 2.44. The summed E-state index contributed by atoms with van der Waals surface area (Å²) in [5.74, 6) is -0.743. The highest BCUT2D eigenvalue weighted by Crippen LogP contribution is 1.99. The molecule has 0 aliphatic heterocycles. The lowest BCUT2D eigenvalue weighted by atomic mass is 10.1. The number of rotatable bonds is 9. The van der Waals surface area contributed by atoms with Gasteiger partial charge in [-0.3, -0.25) is 9.59 Å². The Bertz CT molecular complexity index is 434. The Morgan fingerprint density at radius 3 is 2.67 bits per heavy atom. The molecule has 0 spiro atoms. The number of nitrogens with one attached hydrogen (secondary N) is 1. The zero-order valence-corrected chi connectivity index (χ0v) is 12.5. The number of esters is 1. The van der Waals surface area contributed by atoms with Crippen LogP contribution in [-0.4, -0.2) is 31.1 Å². The molecule has 0 bridgehead atoms. The van der Waals surface area contributed by atoms with Gasteiger partial charge in [-0.1, -0.05) is 43.7 Å². The molecular weight excluding hydrogens is 268 g/mol. The van der Waals surface area contributed by atoms with E-state index in [-0.39, 0.29) is 12.3 Å². The molecule has 5 nitrogen and oxygen atoms in total. The summed E-state index contributed by atoms with van der Waals surface area (Å²) in [6, 6.07) is 9.00. The van der Waals surface area contributed by atoms with E-state index in [0.29, 0.717) is 13.2 Å². The van der Waals surface area contributed by atoms with Crippen LogP contribution in [0, 0.1) is 0 Å². The average molecular weight is 292 g/mol. The Labute approximate surface area is 125 Å². The Morgan fingerprint density at radius 2 is 2.00 bits per heavy atom. The summed E-state index contributed by atoms with van der Waals surface area (Å²) >= 11 is 0. The number of unbranched alkanes of at least 4 members (excludes halogenated alkanes) is 1. The number of nitrogens with two attached hydrogens (primary N) is 1. The van der Waals surface area contributed by atoms with Crippen LogP contribution in [0.2, 0.25) is 0 Å². The first-order chi connectivity index (χ1) is 10.1. The summed E-state index contributed by atoms with van der Waals surface area (Å²) in [5, 5.41) is 2.73. The third-order valence-electron chi connectivity index (χ3n) is 3.04. The Morgan fingerprint density at radius 1 is 1.29 bits per heavy atom. The summed E-state index contributed by atoms with van der Waals surface area (Å²) < 4.78 is 4.98. The normalized spacial score (nSPS) is 11.7. The minimum atomic E-state index is -0.852. The van der Waals surface area contributed by atoms with E-state index in [1.807, 2.05) is 37.3 Å². The first kappa shape index (κ1) is 17.2. The lowest BCUT2D eigenvalue weighted by Gasteiger charge is -2.12. The monoisotopic (exact) mass is 292 g/mol.